The van der Waals surface area contributed by atoms with Crippen LogP contribution in [0.25, 0.3) is 0 Å². The molecule has 2 saturated heterocycles. The number of morpholine rings is 1. The molecule has 24 heavy (non-hydrogen) atoms. The minimum Gasteiger partial charge on any atom is -0.372 e. The molecule has 2 amide bonds. The van der Waals surface area contributed by atoms with Crippen LogP contribution in [0.4, 0.5) is 0 Å². The molecule has 0 bridgehead atoms. The summed E-state index contributed by atoms with van der Waals surface area (Å²) in [6.07, 6.45) is 1.15. The number of ether oxygens (including phenoxy) is 1. The van der Waals surface area contributed by atoms with Crippen LogP contribution in [0.15, 0.2) is 30.3 Å². The zero-order valence-corrected chi connectivity index (χ0v) is 14.6. The lowest BCUT2D eigenvalue weighted by atomic mass is 9.83. The molecule has 0 radical (unpaired) electrons. The lowest BCUT2D eigenvalue weighted by molar-refractivity contribution is -0.154. The number of carbonyl (C=O) groups excluding carboxylic acids is 2. The highest BCUT2D eigenvalue weighted by atomic mass is 16.5. The van der Waals surface area contributed by atoms with E-state index >= 15 is 0 Å². The molecule has 0 aromatic heterocycles. The van der Waals surface area contributed by atoms with Crippen LogP contribution in [0.2, 0.25) is 0 Å². The van der Waals surface area contributed by atoms with Crippen molar-refractivity contribution in [2.45, 2.75) is 44.9 Å². The third-order valence-corrected chi connectivity index (χ3v) is 5.05. The molecule has 4 unspecified atom stereocenters. The van der Waals surface area contributed by atoms with Crippen molar-refractivity contribution in [1.29, 1.82) is 0 Å². The quantitative estimate of drug-likeness (QED) is 0.835. The van der Waals surface area contributed by atoms with E-state index in [4.69, 9.17) is 4.74 Å². The molecule has 1 aromatic rings. The normalized spacial score (nSPS) is 31.2. The van der Waals surface area contributed by atoms with Gasteiger partial charge in [0.2, 0.25) is 11.8 Å². The zero-order chi connectivity index (χ0) is 17.3. The molecule has 0 N–H and O–H groups in total. The summed E-state index contributed by atoms with van der Waals surface area (Å²) >= 11 is 0. The van der Waals surface area contributed by atoms with Crippen LogP contribution in [0, 0.1) is 5.92 Å². The van der Waals surface area contributed by atoms with Crippen molar-refractivity contribution in [3.05, 3.63) is 35.9 Å². The second-order valence-corrected chi connectivity index (χ2v) is 7.01. The third-order valence-electron chi connectivity index (χ3n) is 5.05. The molecule has 0 spiro atoms. The second-order valence-electron chi connectivity index (χ2n) is 7.01. The number of amides is 2. The first-order chi connectivity index (χ1) is 11.5. The monoisotopic (exact) mass is 330 g/mol. The van der Waals surface area contributed by atoms with Crippen LogP contribution < -0.4 is 0 Å². The van der Waals surface area contributed by atoms with Crippen molar-refractivity contribution in [2.75, 3.05) is 20.1 Å². The van der Waals surface area contributed by atoms with Gasteiger partial charge in [-0.3, -0.25) is 9.59 Å². The molecule has 2 heterocycles. The maximum Gasteiger partial charge on any atom is 0.228 e. The Kier molecular flexibility index (Phi) is 4.90. The van der Waals surface area contributed by atoms with Crippen LogP contribution in [0.3, 0.4) is 0 Å². The summed E-state index contributed by atoms with van der Waals surface area (Å²) in [6.45, 7) is 5.25. The summed E-state index contributed by atoms with van der Waals surface area (Å²) < 4.78 is 5.75. The highest BCUT2D eigenvalue weighted by molar-refractivity contribution is 5.85. The van der Waals surface area contributed by atoms with Crippen molar-refractivity contribution in [1.82, 2.24) is 9.80 Å². The Balaban J connectivity index is 1.86. The van der Waals surface area contributed by atoms with Gasteiger partial charge in [0.15, 0.2) is 0 Å². The highest BCUT2D eigenvalue weighted by Crippen LogP contribution is 2.37. The van der Waals surface area contributed by atoms with Crippen molar-refractivity contribution in [3.63, 3.8) is 0 Å². The first-order valence-electron chi connectivity index (χ1n) is 8.72. The number of hydrogen-bond acceptors (Lipinski definition) is 3. The van der Waals surface area contributed by atoms with Crippen LogP contribution in [0.5, 0.6) is 0 Å². The highest BCUT2D eigenvalue weighted by Gasteiger charge is 2.41. The maximum absolute atomic E-state index is 13.2. The number of piperidine rings is 1. The van der Waals surface area contributed by atoms with E-state index in [2.05, 4.69) is 0 Å². The minimum atomic E-state index is -0.187. The molecule has 2 aliphatic rings. The average Bonchev–Trinajstić information content (AvgIpc) is 2.56. The molecule has 1 aromatic carbocycles. The first-order valence-corrected chi connectivity index (χ1v) is 8.72. The minimum absolute atomic E-state index is 0.0517. The third kappa shape index (κ3) is 3.31. The summed E-state index contributed by atoms with van der Waals surface area (Å²) in [7, 11) is 1.81. The van der Waals surface area contributed by atoms with Gasteiger partial charge in [0.05, 0.1) is 24.2 Å². The van der Waals surface area contributed by atoms with Gasteiger partial charge in [0.1, 0.15) is 0 Å². The van der Waals surface area contributed by atoms with Gasteiger partial charge < -0.3 is 14.5 Å². The lowest BCUT2D eigenvalue weighted by Gasteiger charge is -2.43. The van der Waals surface area contributed by atoms with Gasteiger partial charge in [-0.1, -0.05) is 30.3 Å². The number of likely N-dealkylation sites (tertiary alicyclic amines) is 1. The SMILES string of the molecule is CC1CN(C(=O)C2CCC(=O)N(C)C2c2ccccc2)CC(C)O1. The zero-order valence-electron chi connectivity index (χ0n) is 14.6. The van der Waals surface area contributed by atoms with Crippen LogP contribution in [-0.2, 0) is 14.3 Å². The second kappa shape index (κ2) is 6.93. The van der Waals surface area contributed by atoms with E-state index in [0.717, 1.165) is 5.56 Å². The fourth-order valence-corrected chi connectivity index (χ4v) is 4.00. The van der Waals surface area contributed by atoms with Crippen LogP contribution in [0.1, 0.15) is 38.3 Å². The van der Waals surface area contributed by atoms with E-state index in [1.807, 2.05) is 56.1 Å². The molecule has 5 nitrogen and oxygen atoms in total. The van der Waals surface area contributed by atoms with Crippen molar-refractivity contribution >= 4 is 11.8 Å². The predicted molar refractivity (Wildman–Crippen MR) is 91.3 cm³/mol. The number of carbonyl (C=O) groups is 2. The van der Waals surface area contributed by atoms with Crippen molar-refractivity contribution in [3.8, 4) is 0 Å². The van der Waals surface area contributed by atoms with Gasteiger partial charge in [-0.05, 0) is 25.8 Å². The Labute approximate surface area is 143 Å². The van der Waals surface area contributed by atoms with Gasteiger partial charge in [-0.25, -0.2) is 0 Å². The molecule has 2 fully saturated rings. The van der Waals surface area contributed by atoms with Gasteiger partial charge in [-0.2, -0.15) is 0 Å². The summed E-state index contributed by atoms with van der Waals surface area (Å²) in [5.74, 6) is 0.0643. The molecule has 2 aliphatic heterocycles. The van der Waals surface area contributed by atoms with Crippen molar-refractivity contribution in [2.24, 2.45) is 5.92 Å². The topological polar surface area (TPSA) is 49.9 Å². The van der Waals surface area contributed by atoms with E-state index in [9.17, 15) is 9.59 Å². The number of nitrogens with zero attached hydrogens (tertiary/aromatic N) is 2. The Hall–Kier alpha value is -1.88. The standard InChI is InChI=1S/C19H26N2O3/c1-13-11-21(12-14(2)24-13)19(23)16-9-10-17(22)20(3)18(16)15-7-5-4-6-8-15/h4-8,13-14,16,18H,9-12H2,1-3H3. The van der Waals surface area contributed by atoms with E-state index in [1.165, 1.54) is 0 Å². The van der Waals surface area contributed by atoms with E-state index in [1.54, 1.807) is 4.90 Å². The van der Waals surface area contributed by atoms with E-state index in [0.29, 0.717) is 25.9 Å². The summed E-state index contributed by atoms with van der Waals surface area (Å²) in [4.78, 5) is 29.1. The molecule has 130 valence electrons. The molecular formula is C19H26N2O3. The largest absolute Gasteiger partial charge is 0.372 e. The van der Waals surface area contributed by atoms with Crippen molar-refractivity contribution < 1.29 is 14.3 Å². The fourth-order valence-electron chi connectivity index (χ4n) is 4.00. The van der Waals surface area contributed by atoms with Gasteiger partial charge in [0.25, 0.3) is 0 Å². The molecule has 3 rings (SSSR count). The number of hydrogen-bond donors (Lipinski definition) is 0. The van der Waals surface area contributed by atoms with Gasteiger partial charge in [0, 0.05) is 26.6 Å². The summed E-state index contributed by atoms with van der Waals surface area (Å²) in [6, 6.07) is 9.70. The molecule has 4 atom stereocenters. The Bertz CT molecular complexity index is 594. The smallest absolute Gasteiger partial charge is 0.228 e. The van der Waals surface area contributed by atoms with Crippen LogP contribution in [-0.4, -0.2) is 54.0 Å². The molecule has 5 heteroatoms. The van der Waals surface area contributed by atoms with E-state index in [-0.39, 0.29) is 36.0 Å². The Morgan fingerprint density at radius 3 is 2.38 bits per heavy atom. The van der Waals surface area contributed by atoms with Gasteiger partial charge in [-0.15, -0.1) is 0 Å². The summed E-state index contributed by atoms with van der Waals surface area (Å²) in [5, 5.41) is 0. The number of benzene rings is 1. The Morgan fingerprint density at radius 2 is 1.75 bits per heavy atom. The molecule has 0 saturated carbocycles. The molecular weight excluding hydrogens is 304 g/mol. The summed E-state index contributed by atoms with van der Waals surface area (Å²) in [5.41, 5.74) is 1.03. The average molecular weight is 330 g/mol. The van der Waals surface area contributed by atoms with Crippen LogP contribution >= 0.6 is 0 Å². The lowest BCUT2D eigenvalue weighted by Crippen LogP contribution is -2.53. The predicted octanol–water partition coefficient (Wildman–Crippen LogP) is 2.23. The van der Waals surface area contributed by atoms with Gasteiger partial charge >= 0.3 is 0 Å². The maximum atomic E-state index is 13.2. The Morgan fingerprint density at radius 1 is 1.12 bits per heavy atom. The fraction of sp³-hybridized carbons (Fsp3) is 0.579. The number of rotatable bonds is 2. The first kappa shape index (κ1) is 17.0. The van der Waals surface area contributed by atoms with E-state index < -0.39 is 0 Å². The molecule has 0 aliphatic carbocycles.